The van der Waals surface area contributed by atoms with E-state index in [-0.39, 0.29) is 6.10 Å². The normalized spacial score (nSPS) is 42.1. The van der Waals surface area contributed by atoms with Gasteiger partial charge in [-0.05, 0) is 91.6 Å². The van der Waals surface area contributed by atoms with Gasteiger partial charge in [-0.3, -0.25) is 0 Å². The molecule has 0 saturated heterocycles. The van der Waals surface area contributed by atoms with Crippen LogP contribution in [0.4, 0.5) is 0 Å². The van der Waals surface area contributed by atoms with E-state index in [9.17, 15) is 15.3 Å². The minimum atomic E-state index is -0.621. The molecule has 3 nitrogen and oxygen atoms in total. The molecule has 4 aliphatic carbocycles. The van der Waals surface area contributed by atoms with Crippen LogP contribution in [0.2, 0.25) is 0 Å². The van der Waals surface area contributed by atoms with Gasteiger partial charge in [0.1, 0.15) is 0 Å². The zero-order chi connectivity index (χ0) is 21.5. The smallest absolute Gasteiger partial charge is 0.0811 e. The molecule has 0 bridgehead atoms. The Kier molecular flexibility index (Phi) is 6.44. The molecule has 4 rings (SSSR count). The van der Waals surface area contributed by atoms with Crippen LogP contribution in [-0.4, -0.2) is 33.6 Å². The molecular weight excluding hydrogens is 372 g/mol. The quantitative estimate of drug-likeness (QED) is 0.551. The predicted octanol–water partition coefficient (Wildman–Crippen LogP) is 5.09. The molecule has 0 aromatic heterocycles. The van der Waals surface area contributed by atoms with Crippen molar-refractivity contribution in [3.05, 3.63) is 47.6 Å². The number of fused-ring (bicyclic) bond motifs is 1. The van der Waals surface area contributed by atoms with E-state index >= 15 is 0 Å². The summed E-state index contributed by atoms with van der Waals surface area (Å²) in [4.78, 5) is 0. The van der Waals surface area contributed by atoms with Gasteiger partial charge in [0, 0.05) is 6.42 Å². The molecule has 3 N–H and O–H groups in total. The van der Waals surface area contributed by atoms with Crippen LogP contribution in [0.3, 0.4) is 0 Å². The molecule has 7 atom stereocenters. The second kappa shape index (κ2) is 8.76. The third kappa shape index (κ3) is 4.40. The first kappa shape index (κ1) is 22.0. The first-order valence-electron chi connectivity index (χ1n) is 12.1. The third-order valence-electron chi connectivity index (χ3n) is 8.65. The summed E-state index contributed by atoms with van der Waals surface area (Å²) in [6, 6.07) is 0. The number of rotatable bonds is 5. The van der Waals surface area contributed by atoms with Gasteiger partial charge in [0.15, 0.2) is 0 Å². The van der Waals surface area contributed by atoms with Crippen molar-refractivity contribution in [1.29, 1.82) is 0 Å². The number of hydrogen-bond acceptors (Lipinski definition) is 3. The van der Waals surface area contributed by atoms with Crippen LogP contribution in [0.15, 0.2) is 47.6 Å². The molecule has 3 heteroatoms. The first-order valence-corrected chi connectivity index (χ1v) is 12.1. The van der Waals surface area contributed by atoms with E-state index in [0.717, 1.165) is 17.6 Å². The minimum Gasteiger partial charge on any atom is -0.393 e. The summed E-state index contributed by atoms with van der Waals surface area (Å²) in [7, 11) is 0. The summed E-state index contributed by atoms with van der Waals surface area (Å²) in [6.07, 6.45) is 16.9. The van der Waals surface area contributed by atoms with E-state index in [1.807, 2.05) is 0 Å². The van der Waals surface area contributed by atoms with Crippen LogP contribution in [0.5, 0.6) is 0 Å². The molecule has 0 unspecified atom stereocenters. The molecule has 0 amide bonds. The lowest BCUT2D eigenvalue weighted by Crippen LogP contribution is -2.35. The molecule has 0 aliphatic heterocycles. The van der Waals surface area contributed by atoms with Crippen molar-refractivity contribution in [3.8, 4) is 0 Å². The van der Waals surface area contributed by atoms with E-state index in [4.69, 9.17) is 0 Å². The summed E-state index contributed by atoms with van der Waals surface area (Å²) < 4.78 is 0. The Morgan fingerprint density at radius 2 is 1.87 bits per heavy atom. The van der Waals surface area contributed by atoms with Crippen molar-refractivity contribution in [2.45, 2.75) is 89.9 Å². The zero-order valence-corrected chi connectivity index (χ0v) is 18.8. The highest BCUT2D eigenvalue weighted by Crippen LogP contribution is 2.59. The highest BCUT2D eigenvalue weighted by molar-refractivity contribution is 5.38. The fraction of sp³-hybridized carbons (Fsp3) is 0.704. The lowest BCUT2D eigenvalue weighted by molar-refractivity contribution is 0.0862. The van der Waals surface area contributed by atoms with Crippen molar-refractivity contribution in [1.82, 2.24) is 0 Å². The second-order valence-electron chi connectivity index (χ2n) is 10.7. The average Bonchev–Trinajstić information content (AvgIpc) is 3.49. The van der Waals surface area contributed by atoms with Gasteiger partial charge in [-0.2, -0.15) is 0 Å². The molecule has 4 saturated carbocycles. The van der Waals surface area contributed by atoms with E-state index in [0.29, 0.717) is 41.9 Å². The Bertz CT molecular complexity index is 743. The van der Waals surface area contributed by atoms with E-state index in [1.54, 1.807) is 0 Å². The van der Waals surface area contributed by atoms with E-state index < -0.39 is 12.2 Å². The number of hydrogen-bond donors (Lipinski definition) is 3. The molecule has 166 valence electrons. The molecule has 30 heavy (non-hydrogen) atoms. The van der Waals surface area contributed by atoms with Crippen LogP contribution in [-0.2, 0) is 0 Å². The topological polar surface area (TPSA) is 60.7 Å². The molecule has 0 aromatic rings. The van der Waals surface area contributed by atoms with Gasteiger partial charge in [-0.25, -0.2) is 0 Å². The van der Waals surface area contributed by atoms with Gasteiger partial charge in [0.05, 0.1) is 18.3 Å². The van der Waals surface area contributed by atoms with Crippen LogP contribution in [0, 0.1) is 29.1 Å². The average molecular weight is 413 g/mol. The van der Waals surface area contributed by atoms with Gasteiger partial charge in [-0.15, -0.1) is 0 Å². The van der Waals surface area contributed by atoms with Crippen molar-refractivity contribution in [3.63, 3.8) is 0 Å². The Balaban J connectivity index is 1.48. The van der Waals surface area contributed by atoms with Crippen LogP contribution in [0.25, 0.3) is 0 Å². The Labute approximate surface area is 182 Å². The number of aliphatic hydroxyl groups excluding tert-OH is 3. The minimum absolute atomic E-state index is 0.250. The maximum Gasteiger partial charge on any atom is 0.0811 e. The molecule has 4 fully saturated rings. The van der Waals surface area contributed by atoms with Gasteiger partial charge in [0.2, 0.25) is 0 Å². The number of aliphatic hydroxyl groups is 3. The fourth-order valence-electron chi connectivity index (χ4n) is 6.63. The van der Waals surface area contributed by atoms with Crippen molar-refractivity contribution >= 4 is 0 Å². The second-order valence-corrected chi connectivity index (χ2v) is 10.7. The van der Waals surface area contributed by atoms with Crippen LogP contribution in [0.1, 0.15) is 71.6 Å². The molecule has 4 aliphatic rings. The maximum atomic E-state index is 10.2. The first-order chi connectivity index (χ1) is 14.3. The Hall–Kier alpha value is -1.16. The van der Waals surface area contributed by atoms with Gasteiger partial charge >= 0.3 is 0 Å². The zero-order valence-electron chi connectivity index (χ0n) is 18.8. The van der Waals surface area contributed by atoms with Gasteiger partial charge in [0.25, 0.3) is 0 Å². The third-order valence-corrected chi connectivity index (χ3v) is 8.65. The molecule has 0 aromatic carbocycles. The lowest BCUT2D eigenvalue weighted by Gasteiger charge is -2.44. The fourth-order valence-corrected chi connectivity index (χ4v) is 6.63. The molecule has 0 heterocycles. The molecule has 0 radical (unpaired) electrons. The highest BCUT2D eigenvalue weighted by Gasteiger charge is 2.50. The SMILES string of the molecule is C=C1C(=CC=C2CCC[C@@]3(C)[C@@H]([C@H](C)C=C[C@H](O)C4CC4)CC[C@@H]23)C[C@@H](O)C[C@@H]1O. The summed E-state index contributed by atoms with van der Waals surface area (Å²) in [5.41, 5.74) is 3.63. The van der Waals surface area contributed by atoms with E-state index in [1.165, 1.54) is 44.1 Å². The van der Waals surface area contributed by atoms with Crippen molar-refractivity contribution < 1.29 is 15.3 Å². The monoisotopic (exact) mass is 412 g/mol. The van der Waals surface area contributed by atoms with Crippen LogP contribution >= 0.6 is 0 Å². The van der Waals surface area contributed by atoms with Crippen molar-refractivity contribution in [2.75, 3.05) is 0 Å². The van der Waals surface area contributed by atoms with Gasteiger partial charge < -0.3 is 15.3 Å². The summed E-state index contributed by atoms with van der Waals surface area (Å²) in [5.74, 6) is 2.28. The van der Waals surface area contributed by atoms with E-state index in [2.05, 4.69) is 44.7 Å². The summed E-state index contributed by atoms with van der Waals surface area (Å²) >= 11 is 0. The maximum absolute atomic E-state index is 10.2. The molecular formula is C27H40O3. The van der Waals surface area contributed by atoms with Crippen LogP contribution < -0.4 is 0 Å². The Morgan fingerprint density at radius 3 is 2.60 bits per heavy atom. The predicted molar refractivity (Wildman–Crippen MR) is 122 cm³/mol. The highest BCUT2D eigenvalue weighted by atomic mass is 16.3. The number of allylic oxidation sites excluding steroid dienone is 4. The van der Waals surface area contributed by atoms with Gasteiger partial charge in [-0.1, -0.05) is 50.3 Å². The Morgan fingerprint density at radius 1 is 1.10 bits per heavy atom. The summed E-state index contributed by atoms with van der Waals surface area (Å²) in [5, 5.41) is 30.4. The molecule has 0 spiro atoms. The summed E-state index contributed by atoms with van der Waals surface area (Å²) in [6.45, 7) is 8.88. The standard InChI is InChI=1S/C27H40O3/c1-17(6-13-25(29)20-8-9-20)23-11-12-24-19(5-4-14-27(23,24)3)7-10-21-15-22(28)16-26(30)18(21)2/h6-7,10,13,17,20,22-26,28-30H,2,4-5,8-9,11-12,14-16H2,1,3H3/t17-,22-,23-,24+,25+,26+,27+/m1/s1. The van der Waals surface area contributed by atoms with Crippen molar-refractivity contribution in [2.24, 2.45) is 29.1 Å². The lowest BCUT2D eigenvalue weighted by atomic mass is 9.61. The largest absolute Gasteiger partial charge is 0.393 e.